The Balaban J connectivity index is 2.01. The summed E-state index contributed by atoms with van der Waals surface area (Å²) in [5.41, 5.74) is 13.2. The van der Waals surface area contributed by atoms with Crippen LogP contribution < -0.4 is 10.6 Å². The molecule has 2 aromatic carbocycles. The number of benzene rings is 2. The van der Waals surface area contributed by atoms with Crippen molar-refractivity contribution in [3.63, 3.8) is 0 Å². The van der Waals surface area contributed by atoms with E-state index < -0.39 is 0 Å². The second kappa shape index (κ2) is 5.73. The van der Waals surface area contributed by atoms with Crippen molar-refractivity contribution in [1.29, 1.82) is 0 Å². The number of nitrogens with two attached hydrogens (primary N) is 1. The number of hydrogen-bond donors (Lipinski definition) is 1. The summed E-state index contributed by atoms with van der Waals surface area (Å²) < 4.78 is 2.24. The highest BCUT2D eigenvalue weighted by Crippen LogP contribution is 2.39. The average molecular weight is 318 g/mol. The molecule has 0 aliphatic carbocycles. The summed E-state index contributed by atoms with van der Waals surface area (Å²) >= 11 is 0. The predicted octanol–water partition coefficient (Wildman–Crippen LogP) is 3.57. The summed E-state index contributed by atoms with van der Waals surface area (Å²) in [4.78, 5) is 4.62. The second-order valence-electron chi connectivity index (χ2n) is 6.49. The maximum atomic E-state index is 6.27. The van der Waals surface area contributed by atoms with E-state index in [0.717, 1.165) is 24.6 Å². The van der Waals surface area contributed by atoms with Gasteiger partial charge in [0.2, 0.25) is 0 Å². The molecule has 0 spiro atoms. The zero-order valence-electron chi connectivity index (χ0n) is 14.1. The average Bonchev–Trinajstić information content (AvgIpc) is 2.95. The zero-order chi connectivity index (χ0) is 16.7. The van der Waals surface area contributed by atoms with Crippen molar-refractivity contribution in [3.05, 3.63) is 66.4 Å². The molecule has 0 bridgehead atoms. The van der Waals surface area contributed by atoms with Crippen LogP contribution in [0.1, 0.15) is 5.56 Å². The summed E-state index contributed by atoms with van der Waals surface area (Å²) in [5.74, 6) is 0. The standard InChI is InChI=1S/C20H22N4/c1-22-12-16-19(23(2)14-22)13-24(18-11-7-6-10-17(18)21)20(16)15-8-4-3-5-9-15/h3-11,13H,12,14,21H2,1-2H3. The van der Waals surface area contributed by atoms with E-state index >= 15 is 0 Å². The van der Waals surface area contributed by atoms with Crippen molar-refractivity contribution in [1.82, 2.24) is 9.47 Å². The van der Waals surface area contributed by atoms with Gasteiger partial charge in [-0.05, 0) is 24.7 Å². The van der Waals surface area contributed by atoms with Crippen LogP contribution in [0.15, 0.2) is 60.8 Å². The predicted molar refractivity (Wildman–Crippen MR) is 100 cm³/mol. The number of nitrogen functional groups attached to an aromatic ring is 1. The molecule has 3 aromatic rings. The number of rotatable bonds is 2. The van der Waals surface area contributed by atoms with Crippen LogP contribution in [0.25, 0.3) is 16.9 Å². The Morgan fingerprint density at radius 3 is 2.33 bits per heavy atom. The molecule has 0 saturated carbocycles. The minimum Gasteiger partial charge on any atom is -0.397 e. The molecule has 4 heteroatoms. The van der Waals surface area contributed by atoms with Crippen molar-refractivity contribution < 1.29 is 0 Å². The molecule has 4 nitrogen and oxygen atoms in total. The zero-order valence-corrected chi connectivity index (χ0v) is 14.1. The van der Waals surface area contributed by atoms with Gasteiger partial charge in [0, 0.05) is 25.4 Å². The third-order valence-corrected chi connectivity index (χ3v) is 4.62. The van der Waals surface area contributed by atoms with Crippen LogP contribution in [0, 0.1) is 0 Å². The third-order valence-electron chi connectivity index (χ3n) is 4.62. The lowest BCUT2D eigenvalue weighted by Gasteiger charge is -2.32. The largest absolute Gasteiger partial charge is 0.397 e. The van der Waals surface area contributed by atoms with E-state index in [9.17, 15) is 0 Å². The molecule has 0 atom stereocenters. The molecule has 4 rings (SSSR count). The molecule has 2 N–H and O–H groups in total. The molecule has 0 radical (unpaired) electrons. The smallest absolute Gasteiger partial charge is 0.0704 e. The number of nitrogens with zero attached hydrogens (tertiary/aromatic N) is 3. The Labute approximate surface area is 142 Å². The van der Waals surface area contributed by atoms with Crippen LogP contribution in [0.4, 0.5) is 11.4 Å². The highest BCUT2D eigenvalue weighted by molar-refractivity contribution is 5.77. The first-order chi connectivity index (χ1) is 11.6. The first-order valence-electron chi connectivity index (χ1n) is 8.19. The summed E-state index contributed by atoms with van der Waals surface area (Å²) in [6.07, 6.45) is 2.22. The van der Waals surface area contributed by atoms with Gasteiger partial charge in [-0.2, -0.15) is 0 Å². The second-order valence-corrected chi connectivity index (χ2v) is 6.49. The molecule has 0 amide bonds. The van der Waals surface area contributed by atoms with Crippen molar-refractivity contribution >= 4 is 11.4 Å². The Morgan fingerprint density at radius 2 is 1.58 bits per heavy atom. The van der Waals surface area contributed by atoms with Gasteiger partial charge < -0.3 is 15.2 Å². The fourth-order valence-corrected chi connectivity index (χ4v) is 3.58. The van der Waals surface area contributed by atoms with Crippen LogP contribution in [-0.4, -0.2) is 30.2 Å². The van der Waals surface area contributed by atoms with Crippen LogP contribution >= 0.6 is 0 Å². The van der Waals surface area contributed by atoms with E-state index in [0.29, 0.717) is 0 Å². The SMILES string of the molecule is CN1Cc2c(cn(-c3ccccc3N)c2-c2ccccc2)N(C)C1. The van der Waals surface area contributed by atoms with Crippen molar-refractivity contribution in [3.8, 4) is 16.9 Å². The molecule has 1 aliphatic rings. The van der Waals surface area contributed by atoms with Gasteiger partial charge in [-0.3, -0.25) is 4.90 Å². The summed E-state index contributed by atoms with van der Waals surface area (Å²) in [5, 5.41) is 0. The molecule has 1 aromatic heterocycles. The van der Waals surface area contributed by atoms with E-state index in [1.165, 1.54) is 22.5 Å². The molecule has 1 aliphatic heterocycles. The van der Waals surface area contributed by atoms with Gasteiger partial charge in [0.05, 0.1) is 29.4 Å². The lowest BCUT2D eigenvalue weighted by Crippen LogP contribution is -2.37. The van der Waals surface area contributed by atoms with E-state index in [-0.39, 0.29) is 0 Å². The van der Waals surface area contributed by atoms with Gasteiger partial charge in [0.25, 0.3) is 0 Å². The summed E-state index contributed by atoms with van der Waals surface area (Å²) in [7, 11) is 4.30. The first kappa shape index (κ1) is 14.8. The van der Waals surface area contributed by atoms with Gasteiger partial charge in [-0.25, -0.2) is 0 Å². The Morgan fingerprint density at radius 1 is 0.875 bits per heavy atom. The summed E-state index contributed by atoms with van der Waals surface area (Å²) in [6.45, 7) is 1.86. The van der Waals surface area contributed by atoms with Crippen LogP contribution in [0.5, 0.6) is 0 Å². The fraction of sp³-hybridized carbons (Fsp3) is 0.200. The van der Waals surface area contributed by atoms with Crippen molar-refractivity contribution in [2.75, 3.05) is 31.4 Å². The summed E-state index contributed by atoms with van der Waals surface area (Å²) in [6, 6.07) is 18.6. The van der Waals surface area contributed by atoms with Gasteiger partial charge in [-0.15, -0.1) is 0 Å². The fourth-order valence-electron chi connectivity index (χ4n) is 3.58. The lowest BCUT2D eigenvalue weighted by molar-refractivity contribution is 0.317. The molecular formula is C20H22N4. The van der Waals surface area contributed by atoms with E-state index in [4.69, 9.17) is 5.73 Å². The lowest BCUT2D eigenvalue weighted by atomic mass is 10.0. The molecule has 2 heterocycles. The van der Waals surface area contributed by atoms with Gasteiger partial charge in [-0.1, -0.05) is 42.5 Å². The molecule has 122 valence electrons. The number of para-hydroxylation sites is 2. The number of aromatic nitrogens is 1. The number of hydrogen-bond acceptors (Lipinski definition) is 3. The van der Waals surface area contributed by atoms with E-state index in [1.54, 1.807) is 0 Å². The van der Waals surface area contributed by atoms with Crippen molar-refractivity contribution in [2.24, 2.45) is 0 Å². The highest BCUT2D eigenvalue weighted by atomic mass is 15.3. The Kier molecular flexibility index (Phi) is 3.54. The Hall–Kier alpha value is -2.72. The Bertz CT molecular complexity index is 867. The quantitative estimate of drug-likeness (QED) is 0.734. The van der Waals surface area contributed by atoms with Crippen LogP contribution in [0.3, 0.4) is 0 Å². The van der Waals surface area contributed by atoms with Crippen LogP contribution in [0.2, 0.25) is 0 Å². The molecule has 24 heavy (non-hydrogen) atoms. The van der Waals surface area contributed by atoms with Crippen molar-refractivity contribution in [2.45, 2.75) is 6.54 Å². The van der Waals surface area contributed by atoms with E-state index in [2.05, 4.69) is 71.1 Å². The van der Waals surface area contributed by atoms with Gasteiger partial charge in [0.1, 0.15) is 0 Å². The highest BCUT2D eigenvalue weighted by Gasteiger charge is 2.26. The topological polar surface area (TPSA) is 37.4 Å². The maximum absolute atomic E-state index is 6.27. The number of fused-ring (bicyclic) bond motifs is 1. The normalized spacial score (nSPS) is 14.7. The van der Waals surface area contributed by atoms with Gasteiger partial charge in [0.15, 0.2) is 0 Å². The van der Waals surface area contributed by atoms with Crippen LogP contribution in [-0.2, 0) is 6.54 Å². The molecular weight excluding hydrogens is 296 g/mol. The monoisotopic (exact) mass is 318 g/mol. The number of anilines is 2. The molecule has 0 saturated heterocycles. The maximum Gasteiger partial charge on any atom is 0.0704 e. The van der Waals surface area contributed by atoms with Gasteiger partial charge >= 0.3 is 0 Å². The molecule has 0 unspecified atom stereocenters. The van der Waals surface area contributed by atoms with E-state index in [1.807, 2.05) is 18.2 Å². The molecule has 0 fully saturated rings. The minimum atomic E-state index is 0.790. The third kappa shape index (κ3) is 2.36. The first-order valence-corrected chi connectivity index (χ1v) is 8.19. The minimum absolute atomic E-state index is 0.790.